The maximum Gasteiger partial charge on any atom is 0.250 e. The number of rotatable bonds is 11. The zero-order chi connectivity index (χ0) is 28.5. The van der Waals surface area contributed by atoms with Gasteiger partial charge < -0.3 is 30.3 Å². The van der Waals surface area contributed by atoms with Crippen LogP contribution in [-0.4, -0.2) is 71.2 Å². The highest BCUT2D eigenvalue weighted by Crippen LogP contribution is 2.64. The van der Waals surface area contributed by atoms with Gasteiger partial charge in [-0.1, -0.05) is 25.1 Å². The average molecular weight is 549 g/mol. The highest BCUT2D eigenvalue weighted by atomic mass is 16.5. The molecule has 5 atom stereocenters. The summed E-state index contributed by atoms with van der Waals surface area (Å²) in [7, 11) is 0. The molecule has 9 heteroatoms. The van der Waals surface area contributed by atoms with Crippen molar-refractivity contribution in [3.8, 4) is 0 Å². The van der Waals surface area contributed by atoms with Crippen molar-refractivity contribution < 1.29 is 24.2 Å². The highest BCUT2D eigenvalue weighted by Gasteiger charge is 2.78. The molecule has 2 aromatic carbocycles. The number of benzene rings is 2. The van der Waals surface area contributed by atoms with E-state index in [1.807, 2.05) is 61.5 Å². The lowest BCUT2D eigenvalue weighted by Crippen LogP contribution is -2.53. The molecule has 40 heavy (non-hydrogen) atoms. The Morgan fingerprint density at radius 2 is 1.62 bits per heavy atom. The molecule has 2 bridgehead atoms. The Morgan fingerprint density at radius 3 is 2.25 bits per heavy atom. The zero-order valence-electron chi connectivity index (χ0n) is 23.6. The summed E-state index contributed by atoms with van der Waals surface area (Å²) in [5.74, 6) is -2.34. The number of carbonyl (C=O) groups is 3. The van der Waals surface area contributed by atoms with E-state index in [1.165, 1.54) is 4.90 Å². The lowest BCUT2D eigenvalue weighted by atomic mass is 9.65. The Kier molecular flexibility index (Phi) is 7.88. The Bertz CT molecular complexity index is 1230. The predicted octanol–water partition coefficient (Wildman–Crippen LogP) is 3.65. The smallest absolute Gasteiger partial charge is 0.250 e. The van der Waals surface area contributed by atoms with Gasteiger partial charge in [-0.15, -0.1) is 0 Å². The van der Waals surface area contributed by atoms with Gasteiger partial charge in [0.2, 0.25) is 17.7 Å². The van der Waals surface area contributed by atoms with Gasteiger partial charge >= 0.3 is 0 Å². The van der Waals surface area contributed by atoms with Crippen LogP contribution in [0.5, 0.6) is 0 Å². The third kappa shape index (κ3) is 4.55. The van der Waals surface area contributed by atoms with Gasteiger partial charge in [0.05, 0.1) is 17.4 Å². The molecule has 9 nitrogen and oxygen atoms in total. The van der Waals surface area contributed by atoms with E-state index in [0.29, 0.717) is 37.1 Å². The molecule has 0 saturated carbocycles. The number of para-hydroxylation sites is 1. The molecule has 0 aromatic heterocycles. The maximum atomic E-state index is 14.1. The van der Waals surface area contributed by atoms with Crippen molar-refractivity contribution >= 4 is 34.8 Å². The lowest BCUT2D eigenvalue weighted by molar-refractivity contribution is -0.144. The first kappa shape index (κ1) is 28.1. The molecule has 3 aliphatic rings. The summed E-state index contributed by atoms with van der Waals surface area (Å²) >= 11 is 0. The standard InChI is InChI=1S/C31H40N4O5/c1-4-30-17-18-31(40-30)25(24(30)27(37)32-21-11-8-7-9-12-21)29(39)35(19-10-20-36)26(31)28(38)33-22-13-15-23(16-14-22)34(5-2)6-3/h7-9,11-16,24-26,36H,4-6,10,17-20H2,1-3H3,(H,32,37)(H,33,38)/t24-,25+,26?,30+,31?/m1/s1. The number of aliphatic hydroxyl groups is 1. The highest BCUT2D eigenvalue weighted by molar-refractivity contribution is 6.05. The molecule has 3 aliphatic heterocycles. The minimum absolute atomic E-state index is 0.111. The van der Waals surface area contributed by atoms with Crippen molar-refractivity contribution in [3.05, 3.63) is 54.6 Å². The normalized spacial score (nSPS) is 28.4. The molecule has 0 radical (unpaired) electrons. The summed E-state index contributed by atoms with van der Waals surface area (Å²) in [6.45, 7) is 8.03. The van der Waals surface area contributed by atoms with Gasteiger partial charge in [0.1, 0.15) is 11.6 Å². The van der Waals surface area contributed by atoms with Gasteiger partial charge in [0.25, 0.3) is 0 Å². The first-order valence-corrected chi connectivity index (χ1v) is 14.5. The van der Waals surface area contributed by atoms with Crippen LogP contribution in [0.2, 0.25) is 0 Å². The number of amides is 3. The van der Waals surface area contributed by atoms with Gasteiger partial charge in [-0.05, 0) is 75.9 Å². The van der Waals surface area contributed by atoms with Crippen LogP contribution in [-0.2, 0) is 19.1 Å². The fraction of sp³-hybridized carbons (Fsp3) is 0.516. The SMILES string of the molecule is CCN(CC)c1ccc(NC(=O)C2N(CCCO)C(=O)[C@@H]3[C@H](C(=O)Nc4ccccc4)[C@]4(CC)CCC23O4)cc1. The maximum absolute atomic E-state index is 14.1. The first-order valence-electron chi connectivity index (χ1n) is 14.5. The van der Waals surface area contributed by atoms with Crippen molar-refractivity contribution in [2.45, 2.75) is 63.7 Å². The molecule has 0 aliphatic carbocycles. The van der Waals surface area contributed by atoms with E-state index >= 15 is 0 Å². The monoisotopic (exact) mass is 548 g/mol. The average Bonchev–Trinajstić information content (AvgIpc) is 3.57. The molecule has 5 rings (SSSR count). The van der Waals surface area contributed by atoms with Crippen LogP contribution < -0.4 is 15.5 Å². The Balaban J connectivity index is 1.46. The van der Waals surface area contributed by atoms with Gasteiger partial charge in [-0.3, -0.25) is 14.4 Å². The Morgan fingerprint density at radius 1 is 0.975 bits per heavy atom. The van der Waals surface area contributed by atoms with Crippen LogP contribution in [0.1, 0.15) is 46.5 Å². The molecular weight excluding hydrogens is 508 g/mol. The van der Waals surface area contributed by atoms with E-state index in [0.717, 1.165) is 18.8 Å². The van der Waals surface area contributed by atoms with Crippen molar-refractivity contribution in [2.24, 2.45) is 11.8 Å². The van der Waals surface area contributed by atoms with Crippen molar-refractivity contribution in [1.82, 2.24) is 4.90 Å². The number of hydrogen-bond acceptors (Lipinski definition) is 6. The molecule has 3 saturated heterocycles. The number of nitrogens with one attached hydrogen (secondary N) is 2. The van der Waals surface area contributed by atoms with Crippen molar-refractivity contribution in [1.29, 1.82) is 0 Å². The van der Waals surface area contributed by atoms with Gasteiger partial charge in [0, 0.05) is 43.3 Å². The van der Waals surface area contributed by atoms with E-state index in [-0.39, 0.29) is 30.9 Å². The number of hydrogen-bond donors (Lipinski definition) is 3. The molecule has 2 unspecified atom stereocenters. The fourth-order valence-electron chi connectivity index (χ4n) is 7.19. The molecule has 3 amide bonds. The number of nitrogens with zero attached hydrogens (tertiary/aromatic N) is 2. The van der Waals surface area contributed by atoms with E-state index in [2.05, 4.69) is 29.4 Å². The van der Waals surface area contributed by atoms with Crippen LogP contribution in [0.4, 0.5) is 17.1 Å². The predicted molar refractivity (Wildman–Crippen MR) is 154 cm³/mol. The number of likely N-dealkylation sites (tertiary alicyclic amines) is 1. The van der Waals surface area contributed by atoms with Gasteiger partial charge in [0.15, 0.2) is 0 Å². The van der Waals surface area contributed by atoms with Crippen LogP contribution in [0.15, 0.2) is 54.6 Å². The topological polar surface area (TPSA) is 111 Å². The summed E-state index contributed by atoms with van der Waals surface area (Å²) in [5, 5.41) is 15.6. The van der Waals surface area contributed by atoms with E-state index in [4.69, 9.17) is 4.74 Å². The minimum Gasteiger partial charge on any atom is -0.396 e. The molecule has 3 N–H and O–H groups in total. The molecule has 3 fully saturated rings. The minimum atomic E-state index is -1.10. The Hall–Kier alpha value is -3.43. The first-order chi connectivity index (χ1) is 19.3. The van der Waals surface area contributed by atoms with E-state index in [1.54, 1.807) is 0 Å². The summed E-state index contributed by atoms with van der Waals surface area (Å²) in [6.07, 6.45) is 2.00. The van der Waals surface area contributed by atoms with Crippen LogP contribution in [0.25, 0.3) is 0 Å². The number of ether oxygens (including phenoxy) is 1. The second-order valence-corrected chi connectivity index (χ2v) is 11.0. The summed E-state index contributed by atoms with van der Waals surface area (Å²) in [5.41, 5.74) is 0.433. The third-order valence-electron chi connectivity index (χ3n) is 9.07. The molecular formula is C31H40N4O5. The second-order valence-electron chi connectivity index (χ2n) is 11.0. The molecule has 2 aromatic rings. The van der Waals surface area contributed by atoms with E-state index in [9.17, 15) is 19.5 Å². The molecule has 214 valence electrons. The van der Waals surface area contributed by atoms with Crippen LogP contribution >= 0.6 is 0 Å². The summed E-state index contributed by atoms with van der Waals surface area (Å²) in [4.78, 5) is 45.6. The summed E-state index contributed by atoms with van der Waals surface area (Å²) in [6, 6.07) is 16.0. The third-order valence-corrected chi connectivity index (χ3v) is 9.07. The van der Waals surface area contributed by atoms with Gasteiger partial charge in [-0.25, -0.2) is 0 Å². The molecule has 3 heterocycles. The van der Waals surface area contributed by atoms with Crippen molar-refractivity contribution in [3.63, 3.8) is 0 Å². The number of carbonyl (C=O) groups excluding carboxylic acids is 3. The van der Waals surface area contributed by atoms with Crippen LogP contribution in [0.3, 0.4) is 0 Å². The van der Waals surface area contributed by atoms with E-state index < -0.39 is 29.1 Å². The largest absolute Gasteiger partial charge is 0.396 e. The van der Waals surface area contributed by atoms with Gasteiger partial charge in [-0.2, -0.15) is 0 Å². The molecule has 1 spiro atoms. The Labute approximate surface area is 235 Å². The van der Waals surface area contributed by atoms with Crippen LogP contribution in [0, 0.1) is 11.8 Å². The quantitative estimate of drug-likeness (QED) is 0.395. The second kappa shape index (κ2) is 11.2. The number of aliphatic hydroxyl groups excluding tert-OH is 1. The number of fused-ring (bicyclic) bond motifs is 1. The number of anilines is 3. The fourth-order valence-corrected chi connectivity index (χ4v) is 7.19. The zero-order valence-corrected chi connectivity index (χ0v) is 23.6. The summed E-state index contributed by atoms with van der Waals surface area (Å²) < 4.78 is 6.77. The van der Waals surface area contributed by atoms with Crippen molar-refractivity contribution in [2.75, 3.05) is 41.8 Å². The lowest BCUT2D eigenvalue weighted by Gasteiger charge is -2.34.